The summed E-state index contributed by atoms with van der Waals surface area (Å²) in [6.45, 7) is 14.2. The monoisotopic (exact) mass is 184 g/mol. The van der Waals surface area contributed by atoms with Gasteiger partial charge in [-0.3, -0.25) is 0 Å². The van der Waals surface area contributed by atoms with E-state index in [2.05, 4.69) is 33.4 Å². The van der Waals surface area contributed by atoms with Crippen molar-refractivity contribution in [2.75, 3.05) is 6.61 Å². The van der Waals surface area contributed by atoms with Crippen LogP contribution < -0.4 is 0 Å². The van der Waals surface area contributed by atoms with Gasteiger partial charge in [-0.1, -0.05) is 53.3 Å². The van der Waals surface area contributed by atoms with Crippen molar-refractivity contribution in [1.29, 1.82) is 0 Å². The molecule has 0 fully saturated rings. The topological polar surface area (TPSA) is 20.2 Å². The van der Waals surface area contributed by atoms with Crippen LogP contribution in [0.1, 0.15) is 41.0 Å². The molecule has 78 valence electrons. The molecule has 0 aromatic rings. The summed E-state index contributed by atoms with van der Waals surface area (Å²) < 4.78 is 0. The number of aliphatic hydroxyl groups excluding tert-OH is 1. The van der Waals surface area contributed by atoms with Gasteiger partial charge >= 0.3 is 0 Å². The third-order valence-corrected chi connectivity index (χ3v) is 1.88. The van der Waals surface area contributed by atoms with E-state index in [9.17, 15) is 0 Å². The van der Waals surface area contributed by atoms with Crippen molar-refractivity contribution in [2.45, 2.75) is 41.0 Å². The van der Waals surface area contributed by atoms with E-state index in [-0.39, 0.29) is 12.0 Å². The first-order chi connectivity index (χ1) is 6.02. The van der Waals surface area contributed by atoms with Crippen molar-refractivity contribution in [3.8, 4) is 0 Å². The summed E-state index contributed by atoms with van der Waals surface area (Å²) >= 11 is 0. The summed E-state index contributed by atoms with van der Waals surface area (Å²) in [7, 11) is 0. The van der Waals surface area contributed by atoms with Gasteiger partial charge in [0.2, 0.25) is 0 Å². The van der Waals surface area contributed by atoms with Gasteiger partial charge in [-0.2, -0.15) is 0 Å². The van der Waals surface area contributed by atoms with Gasteiger partial charge in [-0.25, -0.2) is 0 Å². The van der Waals surface area contributed by atoms with E-state index in [4.69, 9.17) is 5.11 Å². The lowest BCUT2D eigenvalue weighted by Crippen LogP contribution is -2.04. The fourth-order valence-corrected chi connectivity index (χ4v) is 0.514. The molecule has 0 bridgehead atoms. The van der Waals surface area contributed by atoms with Gasteiger partial charge in [0, 0.05) is 0 Å². The third-order valence-electron chi connectivity index (χ3n) is 1.88. The standard InChI is InChI=1S/C10H18O.C2H6/c1-5-10(3,4)7-6-9(2)8-11;1-2/h6-7,11H,2,5,8H2,1,3-4H3;1-2H3/b7-6-;. The number of hydrogen-bond donors (Lipinski definition) is 1. The van der Waals surface area contributed by atoms with E-state index in [1.807, 2.05) is 19.9 Å². The van der Waals surface area contributed by atoms with Crippen LogP contribution in [0.15, 0.2) is 24.3 Å². The highest BCUT2D eigenvalue weighted by molar-refractivity contribution is 5.16. The molecule has 1 N–H and O–H groups in total. The Morgan fingerprint density at radius 1 is 1.38 bits per heavy atom. The van der Waals surface area contributed by atoms with Crippen LogP contribution in [0, 0.1) is 5.41 Å². The van der Waals surface area contributed by atoms with Gasteiger partial charge in [-0.05, 0) is 17.4 Å². The van der Waals surface area contributed by atoms with Crippen molar-refractivity contribution in [1.82, 2.24) is 0 Å². The van der Waals surface area contributed by atoms with Gasteiger partial charge in [0.25, 0.3) is 0 Å². The SMILES string of the molecule is C=C(/C=C\C(C)(C)CC)CO.CC. The smallest absolute Gasteiger partial charge is 0.0676 e. The second kappa shape index (κ2) is 8.06. The maximum atomic E-state index is 8.65. The molecule has 0 atom stereocenters. The zero-order chi connectivity index (χ0) is 10.9. The highest BCUT2D eigenvalue weighted by Crippen LogP contribution is 2.21. The van der Waals surface area contributed by atoms with Crippen molar-refractivity contribution in [3.63, 3.8) is 0 Å². The molecule has 0 aliphatic rings. The average molecular weight is 184 g/mol. The molecule has 0 heterocycles. The van der Waals surface area contributed by atoms with E-state index in [1.54, 1.807) is 0 Å². The summed E-state index contributed by atoms with van der Waals surface area (Å²) in [5, 5.41) is 8.65. The van der Waals surface area contributed by atoms with Gasteiger partial charge < -0.3 is 5.11 Å². The molecule has 0 spiro atoms. The molecule has 0 amide bonds. The van der Waals surface area contributed by atoms with E-state index < -0.39 is 0 Å². The number of rotatable bonds is 4. The normalized spacial score (nSPS) is 10.9. The van der Waals surface area contributed by atoms with Crippen LogP contribution in [0.5, 0.6) is 0 Å². The van der Waals surface area contributed by atoms with Gasteiger partial charge in [0.05, 0.1) is 6.61 Å². The lowest BCUT2D eigenvalue weighted by molar-refractivity contribution is 0.335. The molecular weight excluding hydrogens is 160 g/mol. The molecular formula is C12H24O. The fraction of sp³-hybridized carbons (Fsp3) is 0.667. The molecule has 0 aliphatic heterocycles. The van der Waals surface area contributed by atoms with E-state index in [0.717, 1.165) is 12.0 Å². The zero-order valence-electron chi connectivity index (χ0n) is 9.72. The first kappa shape index (κ1) is 14.9. The summed E-state index contributed by atoms with van der Waals surface area (Å²) in [6, 6.07) is 0. The molecule has 0 saturated carbocycles. The van der Waals surface area contributed by atoms with Crippen molar-refractivity contribution in [3.05, 3.63) is 24.3 Å². The molecule has 0 aliphatic carbocycles. The lowest BCUT2D eigenvalue weighted by Gasteiger charge is -2.16. The maximum absolute atomic E-state index is 8.65. The van der Waals surface area contributed by atoms with E-state index in [0.29, 0.717) is 0 Å². The van der Waals surface area contributed by atoms with Crippen LogP contribution in [0.2, 0.25) is 0 Å². The van der Waals surface area contributed by atoms with Crippen LogP contribution in [0.3, 0.4) is 0 Å². The first-order valence-corrected chi connectivity index (χ1v) is 4.99. The molecule has 13 heavy (non-hydrogen) atoms. The number of allylic oxidation sites excluding steroid dienone is 1. The van der Waals surface area contributed by atoms with Crippen LogP contribution >= 0.6 is 0 Å². The minimum atomic E-state index is 0.0519. The van der Waals surface area contributed by atoms with E-state index >= 15 is 0 Å². The molecule has 0 aromatic heterocycles. The Labute approximate surface area is 83.2 Å². The Kier molecular flexibility index (Phi) is 9.26. The zero-order valence-corrected chi connectivity index (χ0v) is 9.72. The lowest BCUT2D eigenvalue weighted by atomic mass is 9.89. The fourth-order valence-electron chi connectivity index (χ4n) is 0.514. The third kappa shape index (κ3) is 9.35. The maximum Gasteiger partial charge on any atom is 0.0676 e. The summed E-state index contributed by atoms with van der Waals surface area (Å²) in [5.41, 5.74) is 0.990. The summed E-state index contributed by atoms with van der Waals surface area (Å²) in [5.74, 6) is 0. The highest BCUT2D eigenvalue weighted by atomic mass is 16.3. The average Bonchev–Trinajstić information content (AvgIpc) is 2.17. The van der Waals surface area contributed by atoms with Crippen molar-refractivity contribution >= 4 is 0 Å². The Hall–Kier alpha value is -0.560. The molecule has 0 aromatic carbocycles. The molecule has 1 nitrogen and oxygen atoms in total. The Morgan fingerprint density at radius 3 is 2.15 bits per heavy atom. The summed E-state index contributed by atoms with van der Waals surface area (Å²) in [4.78, 5) is 0. The quantitative estimate of drug-likeness (QED) is 0.662. The molecule has 0 radical (unpaired) electrons. The van der Waals surface area contributed by atoms with Gasteiger partial charge in [0.15, 0.2) is 0 Å². The van der Waals surface area contributed by atoms with Gasteiger partial charge in [-0.15, -0.1) is 0 Å². The summed E-state index contributed by atoms with van der Waals surface area (Å²) in [6.07, 6.45) is 5.08. The van der Waals surface area contributed by atoms with Crippen molar-refractivity contribution in [2.24, 2.45) is 5.41 Å². The van der Waals surface area contributed by atoms with E-state index in [1.165, 1.54) is 0 Å². The predicted molar refractivity (Wildman–Crippen MR) is 60.8 cm³/mol. The van der Waals surface area contributed by atoms with Crippen LogP contribution in [0.25, 0.3) is 0 Å². The first-order valence-electron chi connectivity index (χ1n) is 4.99. The molecule has 0 saturated heterocycles. The largest absolute Gasteiger partial charge is 0.392 e. The number of aliphatic hydroxyl groups is 1. The predicted octanol–water partition coefficient (Wildman–Crippen LogP) is 3.55. The Bertz CT molecular complexity index is 155. The van der Waals surface area contributed by atoms with Crippen LogP contribution in [-0.4, -0.2) is 11.7 Å². The Balaban J connectivity index is 0. The van der Waals surface area contributed by atoms with Crippen molar-refractivity contribution < 1.29 is 5.11 Å². The molecule has 0 rings (SSSR count). The second-order valence-electron chi connectivity index (χ2n) is 3.49. The van der Waals surface area contributed by atoms with Gasteiger partial charge in [0.1, 0.15) is 0 Å². The van der Waals surface area contributed by atoms with Crippen LogP contribution in [-0.2, 0) is 0 Å². The second-order valence-corrected chi connectivity index (χ2v) is 3.49. The molecule has 0 unspecified atom stereocenters. The minimum Gasteiger partial charge on any atom is -0.392 e. The number of hydrogen-bond acceptors (Lipinski definition) is 1. The molecule has 1 heteroatoms. The minimum absolute atomic E-state index is 0.0519. The Morgan fingerprint density at radius 2 is 1.85 bits per heavy atom. The van der Waals surface area contributed by atoms with Crippen LogP contribution in [0.4, 0.5) is 0 Å². The highest BCUT2D eigenvalue weighted by Gasteiger charge is 2.08.